The molecule has 0 aliphatic carbocycles. The first-order valence-corrected chi connectivity index (χ1v) is 11.6. The normalized spacial score (nSPS) is 15.0. The van der Waals surface area contributed by atoms with E-state index >= 15 is 0 Å². The van der Waals surface area contributed by atoms with Gasteiger partial charge in [-0.05, 0) is 69.5 Å². The van der Waals surface area contributed by atoms with Gasteiger partial charge in [0.2, 0.25) is 10.0 Å². The van der Waals surface area contributed by atoms with E-state index in [1.807, 2.05) is 33.8 Å². The molecule has 0 N–H and O–H groups in total. The number of hydrogen-bond acceptors (Lipinski definition) is 5. The Morgan fingerprint density at radius 1 is 1.10 bits per heavy atom. The number of methoxy groups -OCH3 is 1. The molecule has 1 heterocycles. The van der Waals surface area contributed by atoms with Gasteiger partial charge in [-0.3, -0.25) is 0 Å². The van der Waals surface area contributed by atoms with E-state index in [0.717, 1.165) is 22.3 Å². The minimum Gasteiger partial charge on any atom is -0.496 e. The Kier molecular flexibility index (Phi) is 6.57. The van der Waals surface area contributed by atoms with Gasteiger partial charge in [-0.1, -0.05) is 23.8 Å². The Bertz CT molecular complexity index is 1100. The van der Waals surface area contributed by atoms with E-state index in [-0.39, 0.29) is 6.54 Å². The second kappa shape index (κ2) is 8.85. The van der Waals surface area contributed by atoms with Crippen molar-refractivity contribution in [3.05, 3.63) is 64.7 Å². The summed E-state index contributed by atoms with van der Waals surface area (Å²) >= 11 is 0. The van der Waals surface area contributed by atoms with Gasteiger partial charge in [0.15, 0.2) is 0 Å². The summed E-state index contributed by atoms with van der Waals surface area (Å²) in [7, 11) is -2.01. The number of esters is 1. The second-order valence-electron chi connectivity index (χ2n) is 8.59. The summed E-state index contributed by atoms with van der Waals surface area (Å²) in [6, 6.07) is 10.6. The van der Waals surface area contributed by atoms with Crippen molar-refractivity contribution in [3.8, 4) is 5.75 Å². The molecule has 0 fully saturated rings. The van der Waals surface area contributed by atoms with E-state index in [9.17, 15) is 13.2 Å². The number of hydrogen-bond donors (Lipinski definition) is 0. The zero-order valence-corrected chi connectivity index (χ0v) is 19.5. The molecule has 6 nitrogen and oxygen atoms in total. The summed E-state index contributed by atoms with van der Waals surface area (Å²) in [6.07, 6.45) is 3.60. The fourth-order valence-electron chi connectivity index (χ4n) is 3.55. The van der Waals surface area contributed by atoms with Crippen LogP contribution in [0.4, 0.5) is 0 Å². The molecule has 0 radical (unpaired) electrons. The highest BCUT2D eigenvalue weighted by Gasteiger charge is 2.29. The molecule has 2 aromatic rings. The van der Waals surface area contributed by atoms with Crippen LogP contribution < -0.4 is 4.74 Å². The van der Waals surface area contributed by atoms with Crippen molar-refractivity contribution in [1.82, 2.24) is 4.31 Å². The highest BCUT2D eigenvalue weighted by molar-refractivity contribution is 7.89. The molecule has 1 aliphatic heterocycles. The lowest BCUT2D eigenvalue weighted by Gasteiger charge is -2.29. The molecule has 0 saturated carbocycles. The SMILES string of the molecule is COc1ccc2c(c1/C=C/C(=O)OC(C)(C)C)CCN(S(=O)(=O)c1ccc(C)cc1)C2. The molecule has 7 heteroatoms. The van der Waals surface area contributed by atoms with Crippen LogP contribution in [0.25, 0.3) is 6.08 Å². The van der Waals surface area contributed by atoms with Gasteiger partial charge in [-0.15, -0.1) is 0 Å². The quantitative estimate of drug-likeness (QED) is 0.514. The number of carbonyl (C=O) groups is 1. The lowest BCUT2D eigenvalue weighted by Crippen LogP contribution is -2.36. The third kappa shape index (κ3) is 5.35. The van der Waals surface area contributed by atoms with Gasteiger partial charge in [-0.2, -0.15) is 4.31 Å². The Hall–Kier alpha value is -2.64. The summed E-state index contributed by atoms with van der Waals surface area (Å²) < 4.78 is 38.5. The summed E-state index contributed by atoms with van der Waals surface area (Å²) in [4.78, 5) is 12.4. The van der Waals surface area contributed by atoms with Gasteiger partial charge in [-0.25, -0.2) is 13.2 Å². The van der Waals surface area contributed by atoms with Crippen LogP contribution >= 0.6 is 0 Å². The number of aryl methyl sites for hydroxylation is 1. The Morgan fingerprint density at radius 3 is 2.39 bits per heavy atom. The average Bonchev–Trinajstić information content (AvgIpc) is 2.70. The zero-order valence-electron chi connectivity index (χ0n) is 18.6. The molecule has 166 valence electrons. The summed E-state index contributed by atoms with van der Waals surface area (Å²) in [5.74, 6) is 0.194. The van der Waals surface area contributed by atoms with Crippen LogP contribution in [0.1, 0.15) is 43.0 Å². The topological polar surface area (TPSA) is 72.9 Å². The minimum absolute atomic E-state index is 0.267. The van der Waals surface area contributed by atoms with Gasteiger partial charge in [0.25, 0.3) is 0 Å². The lowest BCUT2D eigenvalue weighted by molar-refractivity contribution is -0.148. The number of benzene rings is 2. The number of fused-ring (bicyclic) bond motifs is 1. The van der Waals surface area contributed by atoms with Crippen LogP contribution in [0, 0.1) is 6.92 Å². The van der Waals surface area contributed by atoms with Crippen LogP contribution in [0.15, 0.2) is 47.4 Å². The molecule has 1 aliphatic rings. The molecule has 0 atom stereocenters. The molecule has 0 amide bonds. The summed E-state index contributed by atoms with van der Waals surface area (Å²) in [6.45, 7) is 7.98. The number of sulfonamides is 1. The number of nitrogens with zero attached hydrogens (tertiary/aromatic N) is 1. The van der Waals surface area contributed by atoms with Crippen molar-refractivity contribution in [3.63, 3.8) is 0 Å². The van der Waals surface area contributed by atoms with Gasteiger partial charge in [0, 0.05) is 24.7 Å². The van der Waals surface area contributed by atoms with E-state index in [2.05, 4.69) is 0 Å². The fraction of sp³-hybridized carbons (Fsp3) is 0.375. The molecule has 0 spiro atoms. The molecular weight excluding hydrogens is 414 g/mol. The first kappa shape index (κ1) is 23.0. The van der Waals surface area contributed by atoms with Gasteiger partial charge >= 0.3 is 5.97 Å². The third-order valence-corrected chi connectivity index (χ3v) is 6.90. The van der Waals surface area contributed by atoms with Crippen LogP contribution in [0.3, 0.4) is 0 Å². The van der Waals surface area contributed by atoms with Gasteiger partial charge in [0.1, 0.15) is 11.4 Å². The van der Waals surface area contributed by atoms with E-state index in [0.29, 0.717) is 23.6 Å². The predicted octanol–water partition coefficient (Wildman–Crippen LogP) is 4.11. The first-order chi connectivity index (χ1) is 14.5. The van der Waals surface area contributed by atoms with Crippen molar-refractivity contribution >= 4 is 22.1 Å². The number of carbonyl (C=O) groups excluding carboxylic acids is 1. The van der Waals surface area contributed by atoms with E-state index in [1.54, 1.807) is 43.5 Å². The summed E-state index contributed by atoms with van der Waals surface area (Å²) in [5.41, 5.74) is 3.09. The largest absolute Gasteiger partial charge is 0.496 e. The maximum Gasteiger partial charge on any atom is 0.331 e. The molecule has 0 saturated heterocycles. The van der Waals surface area contributed by atoms with Crippen LogP contribution in [-0.4, -0.2) is 37.9 Å². The molecule has 31 heavy (non-hydrogen) atoms. The third-order valence-electron chi connectivity index (χ3n) is 5.04. The fourth-order valence-corrected chi connectivity index (χ4v) is 4.97. The van der Waals surface area contributed by atoms with Crippen LogP contribution in [0.2, 0.25) is 0 Å². The molecule has 0 unspecified atom stereocenters. The maximum absolute atomic E-state index is 13.1. The van der Waals surface area contributed by atoms with Crippen LogP contribution in [0.5, 0.6) is 5.75 Å². The lowest BCUT2D eigenvalue weighted by atomic mass is 9.94. The van der Waals surface area contributed by atoms with Crippen molar-refractivity contribution < 1.29 is 22.7 Å². The Labute approximate surface area is 184 Å². The second-order valence-corrected chi connectivity index (χ2v) is 10.5. The van der Waals surface area contributed by atoms with Gasteiger partial charge < -0.3 is 9.47 Å². The van der Waals surface area contributed by atoms with E-state index in [4.69, 9.17) is 9.47 Å². The molecule has 3 rings (SSSR count). The number of ether oxygens (including phenoxy) is 2. The predicted molar refractivity (Wildman–Crippen MR) is 120 cm³/mol. The van der Waals surface area contributed by atoms with Crippen molar-refractivity contribution in [1.29, 1.82) is 0 Å². The monoisotopic (exact) mass is 443 g/mol. The van der Waals surface area contributed by atoms with Crippen molar-refractivity contribution in [2.24, 2.45) is 0 Å². The van der Waals surface area contributed by atoms with Gasteiger partial charge in [0.05, 0.1) is 12.0 Å². The summed E-state index contributed by atoms with van der Waals surface area (Å²) in [5, 5.41) is 0. The Balaban J connectivity index is 1.89. The highest BCUT2D eigenvalue weighted by atomic mass is 32.2. The Morgan fingerprint density at radius 2 is 1.77 bits per heavy atom. The van der Waals surface area contributed by atoms with E-state index < -0.39 is 21.6 Å². The van der Waals surface area contributed by atoms with Crippen molar-refractivity contribution in [2.45, 2.75) is 51.2 Å². The maximum atomic E-state index is 13.1. The minimum atomic E-state index is -3.59. The smallest absolute Gasteiger partial charge is 0.331 e. The average molecular weight is 444 g/mol. The zero-order chi connectivity index (χ0) is 22.8. The molecule has 0 bridgehead atoms. The number of rotatable bonds is 5. The van der Waals surface area contributed by atoms with Crippen molar-refractivity contribution in [2.75, 3.05) is 13.7 Å². The van der Waals surface area contributed by atoms with Crippen LogP contribution in [-0.2, 0) is 32.5 Å². The first-order valence-electron chi connectivity index (χ1n) is 10.2. The van der Waals surface area contributed by atoms with E-state index in [1.165, 1.54) is 10.4 Å². The molecule has 2 aromatic carbocycles. The molecular formula is C24H29NO5S. The standard InChI is InChI=1S/C24H29NO5S/c1-17-6-9-19(10-7-17)31(27,28)25-15-14-20-18(16-25)8-12-22(29-5)21(20)11-13-23(26)30-24(2,3)4/h6-13H,14-16H2,1-5H3/b13-11+. The highest BCUT2D eigenvalue weighted by Crippen LogP contribution is 2.33. The molecule has 0 aromatic heterocycles.